The minimum atomic E-state index is -0.267. The molecule has 1 aliphatic heterocycles. The van der Waals surface area contributed by atoms with Gasteiger partial charge in [-0.05, 0) is 50.3 Å². The van der Waals surface area contributed by atoms with Gasteiger partial charge in [-0.15, -0.1) is 5.10 Å². The second-order valence-electron chi connectivity index (χ2n) is 6.98. The molecule has 146 valence electrons. The summed E-state index contributed by atoms with van der Waals surface area (Å²) in [5, 5.41) is 10.0. The van der Waals surface area contributed by atoms with Crippen LogP contribution in [0.15, 0.2) is 28.2 Å². The molecule has 27 heavy (non-hydrogen) atoms. The first kappa shape index (κ1) is 19.7. The van der Waals surface area contributed by atoms with Crippen LogP contribution in [-0.4, -0.2) is 39.1 Å². The van der Waals surface area contributed by atoms with E-state index >= 15 is 0 Å². The average molecular weight is 391 g/mol. The number of ether oxygens (including phenoxy) is 1. The van der Waals surface area contributed by atoms with Crippen molar-refractivity contribution in [2.24, 2.45) is 0 Å². The van der Waals surface area contributed by atoms with Crippen molar-refractivity contribution in [3.05, 3.63) is 45.4 Å². The first-order valence-corrected chi connectivity index (χ1v) is 10.2. The maximum atomic E-state index is 12.3. The van der Waals surface area contributed by atoms with Gasteiger partial charge >= 0.3 is 5.69 Å². The predicted molar refractivity (Wildman–Crippen MR) is 105 cm³/mol. The summed E-state index contributed by atoms with van der Waals surface area (Å²) in [4.78, 5) is 24.3. The van der Waals surface area contributed by atoms with Gasteiger partial charge in [0.25, 0.3) is 0 Å². The molecule has 1 aliphatic rings. The Labute approximate surface area is 162 Å². The molecule has 8 heteroatoms. The van der Waals surface area contributed by atoms with Crippen molar-refractivity contribution in [1.82, 2.24) is 20.1 Å². The highest BCUT2D eigenvalue weighted by molar-refractivity contribution is 7.99. The summed E-state index contributed by atoms with van der Waals surface area (Å²) in [6.07, 6.45) is 1.99. The zero-order valence-electron chi connectivity index (χ0n) is 15.9. The number of carbonyl (C=O) groups is 1. The molecule has 1 fully saturated rings. The number of aryl methyl sites for hydroxylation is 2. The standard InChI is InChI=1S/C19H26N4O3S/c1-12-6-7-15(9-13(12)2)14(3)20-17(24)11-27-19-22-21-18(25)23(19)10-16-5-4-8-26-16/h6-7,9,14,16H,4-5,8,10-11H2,1-3H3,(H,20,24)(H,21,25)/t14-,16+/m0/s1. The number of nitrogens with zero attached hydrogens (tertiary/aromatic N) is 2. The molecule has 0 bridgehead atoms. The van der Waals surface area contributed by atoms with Crippen LogP contribution in [0.2, 0.25) is 0 Å². The van der Waals surface area contributed by atoms with E-state index < -0.39 is 0 Å². The molecule has 1 aromatic carbocycles. The van der Waals surface area contributed by atoms with E-state index in [4.69, 9.17) is 4.74 Å². The van der Waals surface area contributed by atoms with Crippen molar-refractivity contribution >= 4 is 17.7 Å². The van der Waals surface area contributed by atoms with Crippen molar-refractivity contribution in [3.63, 3.8) is 0 Å². The number of H-pyrrole nitrogens is 1. The highest BCUT2D eigenvalue weighted by atomic mass is 32.2. The number of rotatable bonds is 7. The van der Waals surface area contributed by atoms with E-state index in [-0.39, 0.29) is 29.5 Å². The van der Waals surface area contributed by atoms with Crippen LogP contribution in [0.25, 0.3) is 0 Å². The zero-order chi connectivity index (χ0) is 19.4. The van der Waals surface area contributed by atoms with Gasteiger partial charge < -0.3 is 10.1 Å². The van der Waals surface area contributed by atoms with E-state index in [1.807, 2.05) is 13.0 Å². The molecule has 2 aromatic rings. The highest BCUT2D eigenvalue weighted by Crippen LogP contribution is 2.19. The molecule has 7 nitrogen and oxygen atoms in total. The molecule has 0 aliphatic carbocycles. The van der Waals surface area contributed by atoms with E-state index in [2.05, 4.69) is 41.5 Å². The number of thioether (sulfide) groups is 1. The van der Waals surface area contributed by atoms with E-state index in [1.165, 1.54) is 22.9 Å². The van der Waals surface area contributed by atoms with Crippen LogP contribution < -0.4 is 11.0 Å². The van der Waals surface area contributed by atoms with Crippen molar-refractivity contribution < 1.29 is 9.53 Å². The van der Waals surface area contributed by atoms with E-state index in [0.29, 0.717) is 11.7 Å². The third-order valence-corrected chi connectivity index (χ3v) is 5.85. The summed E-state index contributed by atoms with van der Waals surface area (Å²) in [5.74, 6) is 0.107. The quantitative estimate of drug-likeness (QED) is 0.709. The zero-order valence-corrected chi connectivity index (χ0v) is 16.8. The topological polar surface area (TPSA) is 89.0 Å². The Kier molecular flexibility index (Phi) is 6.38. The van der Waals surface area contributed by atoms with Gasteiger partial charge in [-0.3, -0.25) is 9.36 Å². The Balaban J connectivity index is 1.56. The Hall–Kier alpha value is -2.06. The maximum Gasteiger partial charge on any atom is 0.344 e. The minimum Gasteiger partial charge on any atom is -0.376 e. The summed E-state index contributed by atoms with van der Waals surface area (Å²) >= 11 is 1.26. The Morgan fingerprint density at radius 1 is 1.44 bits per heavy atom. The van der Waals surface area contributed by atoms with E-state index in [1.54, 1.807) is 4.57 Å². The van der Waals surface area contributed by atoms with Crippen molar-refractivity contribution in [3.8, 4) is 0 Å². The molecule has 1 amide bonds. The van der Waals surface area contributed by atoms with Crippen LogP contribution in [-0.2, 0) is 16.1 Å². The smallest absolute Gasteiger partial charge is 0.344 e. The number of nitrogens with one attached hydrogen (secondary N) is 2. The number of benzene rings is 1. The highest BCUT2D eigenvalue weighted by Gasteiger charge is 2.20. The summed E-state index contributed by atoms with van der Waals surface area (Å²) in [6.45, 7) is 7.30. The van der Waals surface area contributed by atoms with Crippen LogP contribution in [0.1, 0.15) is 42.5 Å². The lowest BCUT2D eigenvalue weighted by molar-refractivity contribution is -0.119. The third kappa shape index (κ3) is 5.01. The third-order valence-electron chi connectivity index (χ3n) is 4.87. The number of hydrogen-bond acceptors (Lipinski definition) is 5. The van der Waals surface area contributed by atoms with Crippen LogP contribution >= 0.6 is 11.8 Å². The average Bonchev–Trinajstić information content (AvgIpc) is 3.27. The van der Waals surface area contributed by atoms with Crippen molar-refractivity contribution in [2.45, 2.75) is 57.5 Å². The van der Waals surface area contributed by atoms with Crippen LogP contribution in [0.4, 0.5) is 0 Å². The van der Waals surface area contributed by atoms with Crippen LogP contribution in [0.3, 0.4) is 0 Å². The molecular weight excluding hydrogens is 364 g/mol. The normalized spacial score (nSPS) is 17.8. The second kappa shape index (κ2) is 8.75. The van der Waals surface area contributed by atoms with Crippen molar-refractivity contribution in [2.75, 3.05) is 12.4 Å². The molecule has 3 rings (SSSR count). The number of amides is 1. The fraction of sp³-hybridized carbons (Fsp3) is 0.526. The van der Waals surface area contributed by atoms with Gasteiger partial charge in [0.15, 0.2) is 5.16 Å². The van der Waals surface area contributed by atoms with E-state index in [9.17, 15) is 9.59 Å². The molecule has 0 spiro atoms. The van der Waals surface area contributed by atoms with Gasteiger partial charge in [0.05, 0.1) is 24.4 Å². The number of carbonyl (C=O) groups excluding carboxylic acids is 1. The number of aromatic nitrogens is 3. The van der Waals surface area contributed by atoms with Gasteiger partial charge in [-0.2, -0.15) is 0 Å². The number of hydrogen-bond donors (Lipinski definition) is 2. The van der Waals surface area contributed by atoms with Gasteiger partial charge in [0.2, 0.25) is 5.91 Å². The fourth-order valence-corrected chi connectivity index (χ4v) is 3.86. The fourth-order valence-electron chi connectivity index (χ4n) is 3.10. The molecule has 1 aromatic heterocycles. The summed E-state index contributed by atoms with van der Waals surface area (Å²) in [7, 11) is 0. The first-order valence-electron chi connectivity index (χ1n) is 9.20. The van der Waals surface area contributed by atoms with E-state index in [0.717, 1.165) is 25.0 Å². The monoisotopic (exact) mass is 390 g/mol. The Morgan fingerprint density at radius 2 is 2.26 bits per heavy atom. The van der Waals surface area contributed by atoms with Gasteiger partial charge in [-0.1, -0.05) is 30.0 Å². The molecule has 1 saturated heterocycles. The maximum absolute atomic E-state index is 12.3. The number of aromatic amines is 1. The molecule has 2 atom stereocenters. The Bertz CT molecular complexity index is 855. The SMILES string of the molecule is Cc1ccc([C@H](C)NC(=O)CSc2n[nH]c(=O)n2C[C@H]2CCCO2)cc1C. The summed E-state index contributed by atoms with van der Waals surface area (Å²) < 4.78 is 7.15. The van der Waals surface area contributed by atoms with Crippen LogP contribution in [0.5, 0.6) is 0 Å². The summed E-state index contributed by atoms with van der Waals surface area (Å²) in [5.41, 5.74) is 3.25. The van der Waals surface area contributed by atoms with Gasteiger partial charge in [-0.25, -0.2) is 9.89 Å². The van der Waals surface area contributed by atoms with Gasteiger partial charge in [0, 0.05) is 6.61 Å². The molecule has 0 radical (unpaired) electrons. The first-order chi connectivity index (χ1) is 12.9. The predicted octanol–water partition coefficient (Wildman–Crippen LogP) is 2.34. The minimum absolute atomic E-state index is 0.0401. The van der Waals surface area contributed by atoms with Crippen molar-refractivity contribution in [1.29, 1.82) is 0 Å². The largest absolute Gasteiger partial charge is 0.376 e. The summed E-state index contributed by atoms with van der Waals surface area (Å²) in [6, 6.07) is 6.12. The van der Waals surface area contributed by atoms with Crippen LogP contribution in [0, 0.1) is 13.8 Å². The molecule has 0 saturated carbocycles. The lowest BCUT2D eigenvalue weighted by Crippen LogP contribution is -2.29. The van der Waals surface area contributed by atoms with Gasteiger partial charge in [0.1, 0.15) is 0 Å². The molecule has 0 unspecified atom stereocenters. The molecular formula is C19H26N4O3S. The lowest BCUT2D eigenvalue weighted by atomic mass is 10.0. The lowest BCUT2D eigenvalue weighted by Gasteiger charge is -2.16. The molecule has 2 N–H and O–H groups in total. The Morgan fingerprint density at radius 3 is 2.96 bits per heavy atom. The molecule has 2 heterocycles. The second-order valence-corrected chi connectivity index (χ2v) is 7.92.